The monoisotopic (exact) mass is 400 g/mol. The standard InChI is InChI=1S/C21H28N4O4/c1-25(2)19-10-9-16(14-18(19)20(26)22-11-6-12-28-3)24-21(27)23-15-7-5-8-17(13-15)29-4/h5,7-10,13-14H,6,11-12H2,1-4H3,(H,22,26)(H2,23,24,27). The fourth-order valence-electron chi connectivity index (χ4n) is 2.69. The second-order valence-electron chi connectivity index (χ2n) is 6.54. The highest BCUT2D eigenvalue weighted by Gasteiger charge is 2.15. The zero-order valence-electron chi connectivity index (χ0n) is 17.2. The Morgan fingerprint density at radius 1 is 1.00 bits per heavy atom. The third kappa shape index (κ3) is 6.69. The van der Waals surface area contributed by atoms with Gasteiger partial charge in [-0.15, -0.1) is 0 Å². The van der Waals surface area contributed by atoms with Crippen molar-refractivity contribution >= 4 is 29.0 Å². The summed E-state index contributed by atoms with van der Waals surface area (Å²) in [5, 5.41) is 8.38. The molecule has 0 bridgehead atoms. The van der Waals surface area contributed by atoms with Gasteiger partial charge >= 0.3 is 6.03 Å². The Morgan fingerprint density at radius 3 is 2.38 bits per heavy atom. The number of amides is 3. The number of carbonyl (C=O) groups is 2. The van der Waals surface area contributed by atoms with Gasteiger partial charge in [0.15, 0.2) is 0 Å². The quantitative estimate of drug-likeness (QED) is 0.563. The summed E-state index contributed by atoms with van der Waals surface area (Å²) < 4.78 is 10.1. The maximum atomic E-state index is 12.6. The fourth-order valence-corrected chi connectivity index (χ4v) is 2.69. The topological polar surface area (TPSA) is 91.9 Å². The van der Waals surface area contributed by atoms with Crippen LogP contribution in [-0.4, -0.2) is 53.4 Å². The van der Waals surface area contributed by atoms with Crippen LogP contribution in [0.3, 0.4) is 0 Å². The van der Waals surface area contributed by atoms with E-state index in [4.69, 9.17) is 9.47 Å². The molecular formula is C21H28N4O4. The van der Waals surface area contributed by atoms with Crippen LogP contribution in [0.1, 0.15) is 16.8 Å². The number of carbonyl (C=O) groups excluding carboxylic acids is 2. The molecule has 0 radical (unpaired) electrons. The molecule has 0 aliphatic rings. The van der Waals surface area contributed by atoms with Crippen LogP contribution in [0.5, 0.6) is 5.75 Å². The number of urea groups is 1. The molecular weight excluding hydrogens is 372 g/mol. The lowest BCUT2D eigenvalue weighted by molar-refractivity contribution is 0.0949. The van der Waals surface area contributed by atoms with Crippen molar-refractivity contribution in [1.29, 1.82) is 0 Å². The summed E-state index contributed by atoms with van der Waals surface area (Å²) in [4.78, 5) is 26.8. The molecule has 156 valence electrons. The third-order valence-electron chi connectivity index (χ3n) is 4.12. The zero-order chi connectivity index (χ0) is 21.2. The van der Waals surface area contributed by atoms with Gasteiger partial charge < -0.3 is 30.3 Å². The van der Waals surface area contributed by atoms with Crippen LogP contribution in [0.2, 0.25) is 0 Å². The number of nitrogens with zero attached hydrogens (tertiary/aromatic N) is 1. The highest BCUT2D eigenvalue weighted by atomic mass is 16.5. The van der Waals surface area contributed by atoms with E-state index in [0.29, 0.717) is 35.8 Å². The van der Waals surface area contributed by atoms with Gasteiger partial charge in [0.25, 0.3) is 5.91 Å². The van der Waals surface area contributed by atoms with Gasteiger partial charge in [-0.2, -0.15) is 0 Å². The molecule has 0 spiro atoms. The number of anilines is 3. The highest BCUT2D eigenvalue weighted by Crippen LogP contribution is 2.23. The van der Waals surface area contributed by atoms with Crippen molar-refractivity contribution in [2.45, 2.75) is 6.42 Å². The van der Waals surface area contributed by atoms with E-state index in [0.717, 1.165) is 12.1 Å². The number of methoxy groups -OCH3 is 2. The van der Waals surface area contributed by atoms with Gasteiger partial charge in [0, 0.05) is 57.5 Å². The lowest BCUT2D eigenvalue weighted by Crippen LogP contribution is -2.27. The van der Waals surface area contributed by atoms with Gasteiger partial charge in [0.05, 0.1) is 12.7 Å². The summed E-state index contributed by atoms with van der Waals surface area (Å²) in [7, 11) is 6.91. The molecule has 2 aromatic rings. The van der Waals surface area contributed by atoms with Crippen LogP contribution in [0.4, 0.5) is 21.9 Å². The molecule has 8 heteroatoms. The Morgan fingerprint density at radius 2 is 1.72 bits per heavy atom. The first-order valence-corrected chi connectivity index (χ1v) is 9.25. The number of hydrogen-bond acceptors (Lipinski definition) is 5. The molecule has 0 aliphatic carbocycles. The van der Waals surface area contributed by atoms with Crippen LogP contribution in [0.15, 0.2) is 42.5 Å². The molecule has 3 N–H and O–H groups in total. The maximum absolute atomic E-state index is 12.6. The molecule has 0 saturated heterocycles. The number of nitrogens with one attached hydrogen (secondary N) is 3. The number of rotatable bonds is 9. The molecule has 2 aromatic carbocycles. The summed E-state index contributed by atoms with van der Waals surface area (Å²) in [6.45, 7) is 1.08. The molecule has 0 fully saturated rings. The van der Waals surface area contributed by atoms with Gasteiger partial charge in [-0.05, 0) is 36.8 Å². The molecule has 0 atom stereocenters. The van der Waals surface area contributed by atoms with Crippen molar-refractivity contribution in [3.05, 3.63) is 48.0 Å². The second-order valence-corrected chi connectivity index (χ2v) is 6.54. The first kappa shape index (κ1) is 22.0. The molecule has 0 saturated carbocycles. The first-order chi connectivity index (χ1) is 13.9. The zero-order valence-corrected chi connectivity index (χ0v) is 17.2. The largest absolute Gasteiger partial charge is 0.497 e. The van der Waals surface area contributed by atoms with E-state index in [2.05, 4.69) is 16.0 Å². The van der Waals surface area contributed by atoms with E-state index >= 15 is 0 Å². The molecule has 0 aliphatic heterocycles. The van der Waals surface area contributed by atoms with E-state index < -0.39 is 6.03 Å². The minimum atomic E-state index is -0.415. The molecule has 2 rings (SSSR count). The summed E-state index contributed by atoms with van der Waals surface area (Å²) in [6, 6.07) is 11.8. The summed E-state index contributed by atoms with van der Waals surface area (Å²) >= 11 is 0. The van der Waals surface area contributed by atoms with Gasteiger partial charge in [-0.3, -0.25) is 4.79 Å². The van der Waals surface area contributed by atoms with Crippen molar-refractivity contribution in [2.24, 2.45) is 0 Å². The Kier molecular flexibility index (Phi) is 8.29. The number of hydrogen-bond donors (Lipinski definition) is 3. The van der Waals surface area contributed by atoms with Crippen molar-refractivity contribution in [3.8, 4) is 5.75 Å². The average molecular weight is 400 g/mol. The van der Waals surface area contributed by atoms with Gasteiger partial charge in [-0.1, -0.05) is 6.07 Å². The van der Waals surface area contributed by atoms with Crippen molar-refractivity contribution in [3.63, 3.8) is 0 Å². The van der Waals surface area contributed by atoms with Crippen LogP contribution in [-0.2, 0) is 4.74 Å². The molecule has 29 heavy (non-hydrogen) atoms. The van der Waals surface area contributed by atoms with Crippen molar-refractivity contribution in [1.82, 2.24) is 5.32 Å². The first-order valence-electron chi connectivity index (χ1n) is 9.25. The number of benzene rings is 2. The Hall–Kier alpha value is -3.26. The second kappa shape index (κ2) is 10.9. The van der Waals surface area contributed by atoms with E-state index in [-0.39, 0.29) is 5.91 Å². The van der Waals surface area contributed by atoms with Crippen LogP contribution in [0, 0.1) is 0 Å². The van der Waals surface area contributed by atoms with Gasteiger partial charge in [0.2, 0.25) is 0 Å². The van der Waals surface area contributed by atoms with Crippen LogP contribution in [0.25, 0.3) is 0 Å². The van der Waals surface area contributed by atoms with Gasteiger partial charge in [-0.25, -0.2) is 4.79 Å². The highest BCUT2D eigenvalue weighted by molar-refractivity contribution is 6.04. The Balaban J connectivity index is 2.10. The molecule has 3 amide bonds. The lowest BCUT2D eigenvalue weighted by atomic mass is 10.1. The molecule has 0 aromatic heterocycles. The third-order valence-corrected chi connectivity index (χ3v) is 4.12. The van der Waals surface area contributed by atoms with Crippen molar-refractivity contribution in [2.75, 3.05) is 57.0 Å². The average Bonchev–Trinajstić information content (AvgIpc) is 2.70. The summed E-state index contributed by atoms with van der Waals surface area (Å²) in [5.41, 5.74) is 2.35. The SMILES string of the molecule is COCCCNC(=O)c1cc(NC(=O)Nc2cccc(OC)c2)ccc1N(C)C. The normalized spacial score (nSPS) is 10.2. The predicted octanol–water partition coefficient (Wildman–Crippen LogP) is 3.17. The maximum Gasteiger partial charge on any atom is 0.323 e. The predicted molar refractivity (Wildman–Crippen MR) is 115 cm³/mol. The fraction of sp³-hybridized carbons (Fsp3) is 0.333. The Bertz CT molecular complexity index is 839. The smallest absolute Gasteiger partial charge is 0.323 e. The summed E-state index contributed by atoms with van der Waals surface area (Å²) in [6.07, 6.45) is 0.723. The van der Waals surface area contributed by atoms with E-state index in [1.54, 1.807) is 56.7 Å². The van der Waals surface area contributed by atoms with Gasteiger partial charge in [0.1, 0.15) is 5.75 Å². The molecule has 0 heterocycles. The Labute approximate surface area is 171 Å². The minimum Gasteiger partial charge on any atom is -0.497 e. The molecule has 0 unspecified atom stereocenters. The van der Waals surface area contributed by atoms with E-state index in [1.165, 1.54) is 0 Å². The number of ether oxygens (including phenoxy) is 2. The van der Waals surface area contributed by atoms with E-state index in [1.807, 2.05) is 19.0 Å². The summed E-state index contributed by atoms with van der Waals surface area (Å²) in [5.74, 6) is 0.437. The minimum absolute atomic E-state index is 0.207. The lowest BCUT2D eigenvalue weighted by Gasteiger charge is -2.18. The van der Waals surface area contributed by atoms with Crippen LogP contribution >= 0.6 is 0 Å². The molecule has 8 nitrogen and oxygen atoms in total. The van der Waals surface area contributed by atoms with Crippen LogP contribution < -0.4 is 25.6 Å². The van der Waals surface area contributed by atoms with Crippen molar-refractivity contribution < 1.29 is 19.1 Å². The van der Waals surface area contributed by atoms with E-state index in [9.17, 15) is 9.59 Å².